The van der Waals surface area contributed by atoms with E-state index in [4.69, 9.17) is 9.84 Å². The summed E-state index contributed by atoms with van der Waals surface area (Å²) in [6, 6.07) is 0. The van der Waals surface area contributed by atoms with Gasteiger partial charge in [0, 0.05) is 12.8 Å². The zero-order valence-electron chi connectivity index (χ0n) is 16.6. The van der Waals surface area contributed by atoms with Crippen molar-refractivity contribution < 1.29 is 30.0 Å². The number of hydrogen-bond donors (Lipinski definition) is 4. The lowest BCUT2D eigenvalue weighted by molar-refractivity contribution is -0.136. The molecular formula is C22H34O6. The van der Waals surface area contributed by atoms with Crippen LogP contribution in [-0.2, 0) is 9.53 Å². The summed E-state index contributed by atoms with van der Waals surface area (Å²) in [7, 11) is 0. The Bertz CT molecular complexity index is 551. The fourth-order valence-corrected chi connectivity index (χ4v) is 2.87. The molecule has 6 heteroatoms. The number of carboxylic acid groups (broad SMARTS) is 1. The van der Waals surface area contributed by atoms with E-state index >= 15 is 0 Å². The normalized spacial score (nSPS) is 25.5. The Morgan fingerprint density at radius 1 is 1.11 bits per heavy atom. The molecule has 0 unspecified atom stereocenters. The van der Waals surface area contributed by atoms with Crippen LogP contribution in [-0.4, -0.2) is 56.9 Å². The lowest BCUT2D eigenvalue weighted by Gasteiger charge is -2.16. The first-order valence-corrected chi connectivity index (χ1v) is 9.98. The number of carboxylic acids is 1. The van der Waals surface area contributed by atoms with Crippen molar-refractivity contribution in [1.29, 1.82) is 0 Å². The van der Waals surface area contributed by atoms with E-state index in [0.29, 0.717) is 32.1 Å². The Morgan fingerprint density at radius 3 is 2.57 bits per heavy atom. The van der Waals surface area contributed by atoms with Crippen LogP contribution in [0.3, 0.4) is 0 Å². The van der Waals surface area contributed by atoms with Crippen molar-refractivity contribution in [3.63, 3.8) is 0 Å². The summed E-state index contributed by atoms with van der Waals surface area (Å²) in [5.41, 5.74) is 0. The number of aliphatic hydroxyl groups excluding tert-OH is 3. The van der Waals surface area contributed by atoms with Gasteiger partial charge < -0.3 is 25.2 Å². The fourth-order valence-electron chi connectivity index (χ4n) is 2.87. The summed E-state index contributed by atoms with van der Waals surface area (Å²) in [5, 5.41) is 38.7. The molecule has 6 nitrogen and oxygen atoms in total. The molecule has 1 saturated heterocycles. The van der Waals surface area contributed by atoms with Gasteiger partial charge >= 0.3 is 5.97 Å². The van der Waals surface area contributed by atoms with Gasteiger partial charge in [-0.25, -0.2) is 0 Å². The van der Waals surface area contributed by atoms with Gasteiger partial charge in [0.1, 0.15) is 0 Å². The molecule has 1 aliphatic heterocycles. The van der Waals surface area contributed by atoms with Gasteiger partial charge in [-0.3, -0.25) is 4.79 Å². The van der Waals surface area contributed by atoms with Crippen molar-refractivity contribution in [1.82, 2.24) is 0 Å². The monoisotopic (exact) mass is 394 g/mol. The van der Waals surface area contributed by atoms with Crippen LogP contribution in [0.15, 0.2) is 48.6 Å². The molecule has 0 radical (unpaired) electrons. The van der Waals surface area contributed by atoms with Gasteiger partial charge in [-0.2, -0.15) is 0 Å². The summed E-state index contributed by atoms with van der Waals surface area (Å²) < 4.78 is 5.73. The lowest BCUT2D eigenvalue weighted by atomic mass is 10.0. The van der Waals surface area contributed by atoms with E-state index in [0.717, 1.165) is 6.42 Å². The summed E-state index contributed by atoms with van der Waals surface area (Å²) in [4.78, 5) is 10.4. The number of rotatable bonds is 13. The quantitative estimate of drug-likeness (QED) is 0.358. The van der Waals surface area contributed by atoms with E-state index in [1.54, 1.807) is 0 Å². The zero-order valence-corrected chi connectivity index (χ0v) is 16.6. The van der Waals surface area contributed by atoms with E-state index in [1.165, 1.54) is 12.2 Å². The topological polar surface area (TPSA) is 107 Å². The van der Waals surface area contributed by atoms with Gasteiger partial charge in [-0.05, 0) is 32.1 Å². The highest BCUT2D eigenvalue weighted by Gasteiger charge is 2.36. The molecule has 0 aliphatic carbocycles. The predicted octanol–water partition coefficient (Wildman–Crippen LogP) is 2.90. The molecule has 1 fully saturated rings. The van der Waals surface area contributed by atoms with Gasteiger partial charge in [0.15, 0.2) is 0 Å². The van der Waals surface area contributed by atoms with Crippen molar-refractivity contribution >= 4 is 5.97 Å². The minimum atomic E-state index is -0.870. The third-order valence-corrected chi connectivity index (χ3v) is 4.44. The van der Waals surface area contributed by atoms with E-state index in [1.807, 2.05) is 43.4 Å². The van der Waals surface area contributed by atoms with Gasteiger partial charge in [-0.15, -0.1) is 0 Å². The van der Waals surface area contributed by atoms with Crippen molar-refractivity contribution in [2.24, 2.45) is 0 Å². The molecule has 4 N–H and O–H groups in total. The summed E-state index contributed by atoms with van der Waals surface area (Å²) in [5.74, 6) is -0.807. The highest BCUT2D eigenvalue weighted by molar-refractivity contribution is 5.66. The van der Waals surface area contributed by atoms with Crippen LogP contribution in [0.5, 0.6) is 0 Å². The Kier molecular flexibility index (Phi) is 12.4. The molecule has 0 amide bonds. The largest absolute Gasteiger partial charge is 0.481 e. The van der Waals surface area contributed by atoms with Gasteiger partial charge in [0.05, 0.1) is 30.5 Å². The summed E-state index contributed by atoms with van der Waals surface area (Å²) >= 11 is 0. The Labute approximate surface area is 167 Å². The zero-order chi connectivity index (χ0) is 20.8. The SMILES string of the molecule is CC/C=C\C[C@@H]1O[C@H]([C@@H](O)/C=C/[C@@H](O)C/C=C\C/C=C\CCC(=O)O)C[C@H]1O. The molecule has 158 valence electrons. The van der Waals surface area contributed by atoms with Crippen LogP contribution in [0.1, 0.15) is 51.9 Å². The first-order chi connectivity index (χ1) is 13.4. The first kappa shape index (κ1) is 24.3. The number of hydrogen-bond acceptors (Lipinski definition) is 5. The Hall–Kier alpha value is -1.73. The molecule has 1 aliphatic rings. The third-order valence-electron chi connectivity index (χ3n) is 4.44. The maximum atomic E-state index is 10.4. The van der Waals surface area contributed by atoms with Crippen LogP contribution < -0.4 is 0 Å². The van der Waals surface area contributed by atoms with Crippen LogP contribution in [0.25, 0.3) is 0 Å². The van der Waals surface area contributed by atoms with Crippen molar-refractivity contribution in [3.05, 3.63) is 48.6 Å². The van der Waals surface area contributed by atoms with E-state index in [9.17, 15) is 20.1 Å². The molecule has 28 heavy (non-hydrogen) atoms. The molecular weight excluding hydrogens is 360 g/mol. The average molecular weight is 395 g/mol. The van der Waals surface area contributed by atoms with Crippen LogP contribution in [0, 0.1) is 0 Å². The number of aliphatic carboxylic acids is 1. The van der Waals surface area contributed by atoms with E-state index < -0.39 is 30.4 Å². The van der Waals surface area contributed by atoms with Gasteiger partial charge in [-0.1, -0.05) is 55.5 Å². The maximum absolute atomic E-state index is 10.4. The first-order valence-electron chi connectivity index (χ1n) is 9.98. The molecule has 0 saturated carbocycles. The van der Waals surface area contributed by atoms with Crippen LogP contribution >= 0.6 is 0 Å². The highest BCUT2D eigenvalue weighted by Crippen LogP contribution is 2.26. The Balaban J connectivity index is 2.28. The molecule has 0 bridgehead atoms. The Morgan fingerprint density at radius 2 is 1.86 bits per heavy atom. The van der Waals surface area contributed by atoms with Crippen LogP contribution in [0.2, 0.25) is 0 Å². The second kappa shape index (κ2) is 14.3. The number of aliphatic hydroxyl groups is 3. The number of carbonyl (C=O) groups is 1. The van der Waals surface area contributed by atoms with Gasteiger partial charge in [0.2, 0.25) is 0 Å². The molecule has 0 spiro atoms. The standard InChI is InChI=1S/C22H34O6/c1-2-3-8-12-20-19(25)16-21(28-20)18(24)15-14-17(23)11-9-6-4-5-7-10-13-22(26)27/h3,5-9,14-15,17-21,23-25H,2,4,10-13,16H2,1H3,(H,26,27)/b7-5-,8-3-,9-6-,15-14+/t17-,18-,19+,20-,21-/m0/s1. The van der Waals surface area contributed by atoms with Gasteiger partial charge in [0.25, 0.3) is 0 Å². The lowest BCUT2D eigenvalue weighted by Crippen LogP contribution is -2.24. The average Bonchev–Trinajstić information content (AvgIpc) is 3.02. The molecule has 0 aromatic carbocycles. The maximum Gasteiger partial charge on any atom is 0.303 e. The predicted molar refractivity (Wildman–Crippen MR) is 109 cm³/mol. The molecule has 5 atom stereocenters. The number of ether oxygens (including phenoxy) is 1. The summed E-state index contributed by atoms with van der Waals surface area (Å²) in [6.45, 7) is 2.04. The van der Waals surface area contributed by atoms with Crippen molar-refractivity contribution in [2.75, 3.05) is 0 Å². The molecule has 1 rings (SSSR count). The number of allylic oxidation sites excluding steroid dienone is 4. The van der Waals surface area contributed by atoms with Crippen molar-refractivity contribution in [2.45, 2.75) is 82.4 Å². The fraction of sp³-hybridized carbons (Fsp3) is 0.591. The molecule has 0 aromatic rings. The molecule has 1 heterocycles. The smallest absolute Gasteiger partial charge is 0.303 e. The van der Waals surface area contributed by atoms with Crippen molar-refractivity contribution in [3.8, 4) is 0 Å². The third kappa shape index (κ3) is 10.6. The van der Waals surface area contributed by atoms with E-state index in [-0.39, 0.29) is 12.5 Å². The highest BCUT2D eigenvalue weighted by atomic mass is 16.5. The minimum Gasteiger partial charge on any atom is -0.481 e. The van der Waals surface area contributed by atoms with E-state index in [2.05, 4.69) is 0 Å². The second-order valence-corrected chi connectivity index (χ2v) is 6.92. The molecule has 0 aromatic heterocycles. The second-order valence-electron chi connectivity index (χ2n) is 6.92. The summed E-state index contributed by atoms with van der Waals surface area (Å²) in [6.07, 6.45) is 15.3. The minimum absolute atomic E-state index is 0.129. The van der Waals surface area contributed by atoms with Crippen LogP contribution in [0.4, 0.5) is 0 Å².